The number of rotatable bonds is 10. The number of aliphatic hydroxyl groups is 1. The van der Waals surface area contributed by atoms with E-state index in [1.807, 2.05) is 19.9 Å². The molecule has 2 aromatic heterocycles. The number of benzene rings is 1. The minimum absolute atomic E-state index is 0.0968. The summed E-state index contributed by atoms with van der Waals surface area (Å²) in [6.45, 7) is 7.06. The van der Waals surface area contributed by atoms with Gasteiger partial charge in [-0.1, -0.05) is 18.2 Å². The van der Waals surface area contributed by atoms with Crippen molar-refractivity contribution in [1.29, 1.82) is 0 Å². The largest absolute Gasteiger partial charge is 0.481 e. The van der Waals surface area contributed by atoms with Gasteiger partial charge in [0.1, 0.15) is 30.2 Å². The van der Waals surface area contributed by atoms with E-state index in [9.17, 15) is 9.90 Å². The van der Waals surface area contributed by atoms with Crippen molar-refractivity contribution in [3.05, 3.63) is 53.1 Å². The van der Waals surface area contributed by atoms with Gasteiger partial charge < -0.3 is 29.7 Å². The second kappa shape index (κ2) is 13.7. The van der Waals surface area contributed by atoms with Crippen LogP contribution in [0.2, 0.25) is 0 Å². The molecule has 0 aliphatic carbocycles. The number of carbonyl (C=O) groups excluding carboxylic acids is 1. The van der Waals surface area contributed by atoms with Gasteiger partial charge in [-0.15, -0.1) is 0 Å². The standard InChI is InChI=1S/C33H43F3N6O4/c1-20(2)41-13-9-22(10-14-41)33(35,36)25-8-6-7-23(28(25)34)21(3)39-29-24-17-26(31(45-4)40-30(24)38-19-37-29)32(46-5)11-15-42(16-12-32)27(44)18-43/h6-8,17,19-22,43H,9-16,18H2,1-5H3,(H,37,38,39,40)/t21-/m1/s1. The van der Waals surface area contributed by atoms with Crippen LogP contribution in [-0.2, 0) is 21.1 Å². The number of nitrogens with one attached hydrogen (secondary N) is 1. The Morgan fingerprint density at radius 3 is 2.43 bits per heavy atom. The molecule has 5 rings (SSSR count). The Bertz CT molecular complexity index is 1540. The zero-order chi connectivity index (χ0) is 33.2. The first-order valence-electron chi connectivity index (χ1n) is 15.8. The number of ether oxygens (including phenoxy) is 2. The van der Waals surface area contributed by atoms with Crippen LogP contribution < -0.4 is 10.1 Å². The lowest BCUT2D eigenvalue weighted by Gasteiger charge is -2.41. The first-order valence-corrected chi connectivity index (χ1v) is 15.8. The van der Waals surface area contributed by atoms with Crippen molar-refractivity contribution in [1.82, 2.24) is 24.8 Å². The average Bonchev–Trinajstić information content (AvgIpc) is 3.07. The van der Waals surface area contributed by atoms with Crippen LogP contribution in [0.5, 0.6) is 5.88 Å². The molecule has 0 unspecified atom stereocenters. The van der Waals surface area contributed by atoms with E-state index in [1.54, 1.807) is 18.9 Å². The minimum atomic E-state index is -3.31. The molecule has 46 heavy (non-hydrogen) atoms. The molecule has 0 radical (unpaired) electrons. The molecule has 2 N–H and O–H groups in total. The number of piperidine rings is 2. The number of alkyl halides is 2. The molecule has 0 bridgehead atoms. The van der Waals surface area contributed by atoms with Crippen molar-refractivity contribution in [3.8, 4) is 5.88 Å². The van der Waals surface area contributed by atoms with Gasteiger partial charge in [-0.05, 0) is 65.6 Å². The van der Waals surface area contributed by atoms with Crippen LogP contribution in [0, 0.1) is 11.7 Å². The van der Waals surface area contributed by atoms with Crippen LogP contribution >= 0.6 is 0 Å². The first kappa shape index (κ1) is 33.8. The molecular weight excluding hydrogens is 601 g/mol. The predicted molar refractivity (Wildman–Crippen MR) is 167 cm³/mol. The summed E-state index contributed by atoms with van der Waals surface area (Å²) in [5.41, 5.74) is -0.397. The molecule has 2 fully saturated rings. The van der Waals surface area contributed by atoms with Crippen LogP contribution in [0.25, 0.3) is 11.0 Å². The fourth-order valence-electron chi connectivity index (χ4n) is 6.79. The Balaban J connectivity index is 1.44. The van der Waals surface area contributed by atoms with Crippen LogP contribution in [0.4, 0.5) is 19.0 Å². The number of nitrogens with zero attached hydrogens (tertiary/aromatic N) is 5. The van der Waals surface area contributed by atoms with Crippen molar-refractivity contribution < 1.29 is 32.5 Å². The summed E-state index contributed by atoms with van der Waals surface area (Å²) in [7, 11) is 3.07. The lowest BCUT2D eigenvalue weighted by Crippen LogP contribution is -2.47. The molecule has 1 atom stereocenters. The zero-order valence-corrected chi connectivity index (χ0v) is 27.0. The summed E-state index contributed by atoms with van der Waals surface area (Å²) in [6, 6.07) is 5.53. The number of carbonyl (C=O) groups is 1. The average molecular weight is 645 g/mol. The quantitative estimate of drug-likeness (QED) is 0.314. The van der Waals surface area contributed by atoms with Crippen molar-refractivity contribution in [2.45, 2.75) is 70.1 Å². The van der Waals surface area contributed by atoms with Gasteiger partial charge in [-0.2, -0.15) is 4.98 Å². The fraction of sp³-hybridized carbons (Fsp3) is 0.576. The van der Waals surface area contributed by atoms with Crippen molar-refractivity contribution in [3.63, 3.8) is 0 Å². The Hall–Kier alpha value is -3.55. The number of methoxy groups -OCH3 is 2. The molecule has 1 amide bonds. The lowest BCUT2D eigenvalue weighted by molar-refractivity contribution is -0.140. The summed E-state index contributed by atoms with van der Waals surface area (Å²) >= 11 is 0. The van der Waals surface area contributed by atoms with Crippen molar-refractivity contribution in [2.24, 2.45) is 5.92 Å². The third kappa shape index (κ3) is 6.37. The van der Waals surface area contributed by atoms with Gasteiger partial charge in [0.25, 0.3) is 5.92 Å². The number of halogens is 3. The van der Waals surface area contributed by atoms with Crippen molar-refractivity contribution >= 4 is 22.8 Å². The Morgan fingerprint density at radius 1 is 1.13 bits per heavy atom. The van der Waals surface area contributed by atoms with Crippen LogP contribution in [0.1, 0.15) is 69.2 Å². The molecular formula is C33H43F3N6O4. The maximum atomic E-state index is 16.0. The van der Waals surface area contributed by atoms with Gasteiger partial charge in [0.2, 0.25) is 11.8 Å². The summed E-state index contributed by atoms with van der Waals surface area (Å²) in [4.78, 5) is 29.2. The highest BCUT2D eigenvalue weighted by Gasteiger charge is 2.45. The number of fused-ring (bicyclic) bond motifs is 1. The summed E-state index contributed by atoms with van der Waals surface area (Å²) in [5.74, 6) is -4.90. The first-order chi connectivity index (χ1) is 21.9. The summed E-state index contributed by atoms with van der Waals surface area (Å²) in [5, 5.41) is 13.0. The molecule has 2 aliphatic heterocycles. The second-order valence-corrected chi connectivity index (χ2v) is 12.5. The van der Waals surface area contributed by atoms with Gasteiger partial charge in [0.05, 0.1) is 24.1 Å². The molecule has 3 aromatic rings. The Kier molecular flexibility index (Phi) is 10.0. The second-order valence-electron chi connectivity index (χ2n) is 12.5. The molecule has 10 nitrogen and oxygen atoms in total. The number of aromatic nitrogens is 3. The number of anilines is 1. The van der Waals surface area contributed by atoms with Gasteiger partial charge in [0.15, 0.2) is 5.65 Å². The third-order valence-corrected chi connectivity index (χ3v) is 9.70. The molecule has 4 heterocycles. The third-order valence-electron chi connectivity index (χ3n) is 9.70. The molecule has 1 aromatic carbocycles. The number of hydrogen-bond donors (Lipinski definition) is 2. The number of hydrogen-bond acceptors (Lipinski definition) is 9. The van der Waals surface area contributed by atoms with E-state index in [0.29, 0.717) is 80.2 Å². The number of likely N-dealkylation sites (tertiary alicyclic amines) is 2. The maximum Gasteiger partial charge on any atom is 0.278 e. The number of amides is 1. The van der Waals surface area contributed by atoms with Gasteiger partial charge >= 0.3 is 0 Å². The predicted octanol–water partition coefficient (Wildman–Crippen LogP) is 5.01. The monoisotopic (exact) mass is 644 g/mol. The van der Waals surface area contributed by atoms with Gasteiger partial charge in [-0.3, -0.25) is 4.79 Å². The minimum Gasteiger partial charge on any atom is -0.481 e. The summed E-state index contributed by atoms with van der Waals surface area (Å²) in [6.07, 6.45) is 2.77. The summed E-state index contributed by atoms with van der Waals surface area (Å²) < 4.78 is 59.2. The Labute approximate surface area is 267 Å². The highest BCUT2D eigenvalue weighted by atomic mass is 19.3. The number of pyridine rings is 1. The van der Waals surface area contributed by atoms with Crippen molar-refractivity contribution in [2.75, 3.05) is 52.3 Å². The highest BCUT2D eigenvalue weighted by Crippen LogP contribution is 2.45. The zero-order valence-electron chi connectivity index (χ0n) is 27.0. The molecule has 2 saturated heterocycles. The topological polar surface area (TPSA) is 113 Å². The van der Waals surface area contributed by atoms with Crippen LogP contribution in [0.15, 0.2) is 30.6 Å². The fourth-order valence-corrected chi connectivity index (χ4v) is 6.79. The Morgan fingerprint density at radius 2 is 1.83 bits per heavy atom. The molecule has 13 heteroatoms. The van der Waals surface area contributed by atoms with E-state index in [2.05, 4.69) is 25.2 Å². The maximum absolute atomic E-state index is 16.0. The smallest absolute Gasteiger partial charge is 0.278 e. The van der Waals surface area contributed by atoms with E-state index in [0.717, 1.165) is 0 Å². The van der Waals surface area contributed by atoms with E-state index in [4.69, 9.17) is 9.47 Å². The molecule has 0 spiro atoms. The SMILES string of the molecule is COc1nc2ncnc(N[C@H](C)c3cccc(C(F)(F)C4CCN(C(C)C)CC4)c3F)c2cc1C1(OC)CCN(C(=O)CO)CC1. The van der Waals surface area contributed by atoms with E-state index in [-0.39, 0.29) is 17.5 Å². The van der Waals surface area contributed by atoms with Gasteiger partial charge in [-0.25, -0.2) is 23.1 Å². The highest BCUT2D eigenvalue weighted by molar-refractivity contribution is 5.87. The normalized spacial score (nSPS) is 18.6. The molecule has 2 aliphatic rings. The van der Waals surface area contributed by atoms with E-state index >= 15 is 13.2 Å². The number of aliphatic hydroxyl groups excluding tert-OH is 1. The van der Waals surface area contributed by atoms with Crippen LogP contribution in [0.3, 0.4) is 0 Å². The van der Waals surface area contributed by atoms with E-state index < -0.39 is 41.5 Å². The molecule has 250 valence electrons. The van der Waals surface area contributed by atoms with Crippen LogP contribution in [-0.4, -0.2) is 88.8 Å². The van der Waals surface area contributed by atoms with Gasteiger partial charge in [0, 0.05) is 43.3 Å². The van der Waals surface area contributed by atoms with E-state index in [1.165, 1.54) is 31.6 Å². The lowest BCUT2D eigenvalue weighted by atomic mass is 9.84. The molecule has 0 saturated carbocycles.